The van der Waals surface area contributed by atoms with Crippen LogP contribution in [0, 0.1) is 30.6 Å². The molecular weight excluding hydrogens is 620 g/mol. The van der Waals surface area contributed by atoms with Crippen LogP contribution in [0.1, 0.15) is 47.4 Å². The molecule has 13 heteroatoms. The molecule has 13 nitrogen and oxygen atoms in total. The summed E-state index contributed by atoms with van der Waals surface area (Å²) in [7, 11) is 0. The highest BCUT2D eigenvalue weighted by Crippen LogP contribution is 2.41. The van der Waals surface area contributed by atoms with E-state index in [4.69, 9.17) is 5.73 Å². The number of carbonyl (C=O) groups excluding carboxylic acids is 3. The number of rotatable bonds is 11. The molecular formula is C36H42N10O3. The zero-order valence-corrected chi connectivity index (χ0v) is 27.5. The number of H-pyrrole nitrogens is 1. The van der Waals surface area contributed by atoms with E-state index in [0.29, 0.717) is 47.9 Å². The number of nitrogens with zero attached hydrogens (tertiary/aromatic N) is 4. The summed E-state index contributed by atoms with van der Waals surface area (Å²) in [6, 6.07) is 18.2. The van der Waals surface area contributed by atoms with Crippen LogP contribution < -0.4 is 27.0 Å². The highest BCUT2D eigenvalue weighted by Gasteiger charge is 2.53. The minimum Gasteiger partial charge on any atom is -0.347 e. The van der Waals surface area contributed by atoms with E-state index in [0.717, 1.165) is 66.7 Å². The van der Waals surface area contributed by atoms with Crippen molar-refractivity contribution in [3.8, 4) is 22.5 Å². The molecule has 2 saturated carbocycles. The first-order chi connectivity index (χ1) is 23.9. The maximum Gasteiger partial charge on any atom is 0.270 e. The largest absolute Gasteiger partial charge is 0.347 e. The van der Waals surface area contributed by atoms with Gasteiger partial charge in [0.2, 0.25) is 17.6 Å². The average Bonchev–Trinajstić information content (AvgIpc) is 3.52. The van der Waals surface area contributed by atoms with Gasteiger partial charge in [0.25, 0.3) is 5.91 Å². The van der Waals surface area contributed by atoms with Crippen LogP contribution in [-0.2, 0) is 16.0 Å². The van der Waals surface area contributed by atoms with E-state index in [2.05, 4.69) is 46.9 Å². The maximum absolute atomic E-state index is 13.7. The number of anilines is 1. The van der Waals surface area contributed by atoms with Crippen LogP contribution >= 0.6 is 0 Å². The zero-order chi connectivity index (χ0) is 33.9. The minimum absolute atomic E-state index is 0.105. The number of aryl methyl sites for hydroxylation is 1. The van der Waals surface area contributed by atoms with Gasteiger partial charge in [0.05, 0.1) is 0 Å². The Balaban J connectivity index is 1.03. The summed E-state index contributed by atoms with van der Waals surface area (Å²) in [5.74, 6) is 1.29. The first-order valence-electron chi connectivity index (χ1n) is 17.1. The molecule has 0 spiro atoms. The predicted molar refractivity (Wildman–Crippen MR) is 184 cm³/mol. The van der Waals surface area contributed by atoms with Gasteiger partial charge in [-0.05, 0) is 104 Å². The van der Waals surface area contributed by atoms with Gasteiger partial charge >= 0.3 is 0 Å². The normalized spacial score (nSPS) is 23.3. The summed E-state index contributed by atoms with van der Waals surface area (Å²) in [5.41, 5.74) is 11.2. The fourth-order valence-corrected chi connectivity index (χ4v) is 7.28. The fraction of sp³-hybridized carbons (Fsp3) is 0.417. The van der Waals surface area contributed by atoms with Crippen LogP contribution in [0.25, 0.3) is 22.5 Å². The number of carbonyl (C=O) groups is 3. The van der Waals surface area contributed by atoms with Crippen LogP contribution in [0.2, 0.25) is 0 Å². The summed E-state index contributed by atoms with van der Waals surface area (Å²) in [5, 5.41) is 26.5. The van der Waals surface area contributed by atoms with E-state index >= 15 is 0 Å². The number of aromatic amines is 1. The van der Waals surface area contributed by atoms with Crippen LogP contribution in [0.4, 0.5) is 5.69 Å². The lowest BCUT2D eigenvalue weighted by Crippen LogP contribution is -2.48. The molecule has 49 heavy (non-hydrogen) atoms. The lowest BCUT2D eigenvalue weighted by Gasteiger charge is -2.28. The summed E-state index contributed by atoms with van der Waals surface area (Å²) in [6.45, 7) is 4.46. The molecule has 2 aromatic carbocycles. The number of fused-ring (bicyclic) bond motifs is 1. The monoisotopic (exact) mass is 662 g/mol. The van der Waals surface area contributed by atoms with Crippen molar-refractivity contribution >= 4 is 23.4 Å². The van der Waals surface area contributed by atoms with Crippen LogP contribution in [0.3, 0.4) is 0 Å². The van der Waals surface area contributed by atoms with Crippen molar-refractivity contribution in [2.24, 2.45) is 29.4 Å². The average molecular weight is 663 g/mol. The van der Waals surface area contributed by atoms with Crippen molar-refractivity contribution in [2.75, 3.05) is 25.0 Å². The molecule has 7 N–H and O–H groups in total. The SMILES string of the molecule is Cc1nc(C(=O)NC2C3CNCC32)ccc1-c1ccc(CC(NC(=O)C2CCC(CN)CC2)C(=O)Nc2ccc(-c3nn[nH]n3)cc2)cc1. The maximum atomic E-state index is 13.7. The molecule has 2 aromatic heterocycles. The molecule has 3 aliphatic rings. The molecule has 3 atom stereocenters. The van der Waals surface area contributed by atoms with Gasteiger partial charge in [-0.15, -0.1) is 10.2 Å². The topological polar surface area (TPSA) is 193 Å². The lowest BCUT2D eigenvalue weighted by atomic mass is 9.81. The number of piperidine rings is 1. The van der Waals surface area contributed by atoms with Gasteiger partial charge in [0.1, 0.15) is 11.7 Å². The Morgan fingerprint density at radius 2 is 1.63 bits per heavy atom. The van der Waals surface area contributed by atoms with Gasteiger partial charge in [-0.2, -0.15) is 5.21 Å². The van der Waals surface area contributed by atoms with Crippen molar-refractivity contribution in [3.05, 3.63) is 77.6 Å². The Hall–Kier alpha value is -5.01. The van der Waals surface area contributed by atoms with Crippen molar-refractivity contribution in [2.45, 2.75) is 51.1 Å². The first-order valence-corrected chi connectivity index (χ1v) is 17.1. The Morgan fingerprint density at radius 3 is 2.29 bits per heavy atom. The van der Waals surface area contributed by atoms with E-state index < -0.39 is 6.04 Å². The van der Waals surface area contributed by atoms with Crippen molar-refractivity contribution in [3.63, 3.8) is 0 Å². The lowest BCUT2D eigenvalue weighted by molar-refractivity contribution is -0.130. The van der Waals surface area contributed by atoms with Crippen LogP contribution in [-0.4, -0.2) is 75.0 Å². The number of hydrogen-bond acceptors (Lipinski definition) is 9. The molecule has 3 amide bonds. The molecule has 3 unspecified atom stereocenters. The second kappa shape index (κ2) is 14.2. The summed E-state index contributed by atoms with van der Waals surface area (Å²) < 4.78 is 0. The number of tetrazole rings is 1. The van der Waals surface area contributed by atoms with E-state index in [1.807, 2.05) is 37.3 Å². The Morgan fingerprint density at radius 1 is 0.918 bits per heavy atom. The van der Waals surface area contributed by atoms with Crippen LogP contribution in [0.15, 0.2) is 60.7 Å². The van der Waals surface area contributed by atoms with Gasteiger partial charge in [-0.3, -0.25) is 14.4 Å². The minimum atomic E-state index is -0.787. The first kappa shape index (κ1) is 32.5. The molecule has 0 bridgehead atoms. The van der Waals surface area contributed by atoms with E-state index in [1.165, 1.54) is 0 Å². The smallest absolute Gasteiger partial charge is 0.270 e. The number of benzene rings is 2. The standard InChI is InChI=1S/C36H42N10O3/c1-20-27(14-15-30(39-20)35(48)42-32-28-18-38-19-29(28)32)23-6-2-21(3-7-23)16-31(41-34(47)25-8-4-22(17-37)5-9-25)36(49)40-26-12-10-24(11-13-26)33-43-45-46-44-33/h2-3,6-7,10-15,22,25,28-29,31-32,38H,4-5,8-9,16-19,37H2,1H3,(H,40,49)(H,41,47)(H,42,48)(H,43,44,45,46). The van der Waals surface area contributed by atoms with E-state index in [9.17, 15) is 14.4 Å². The van der Waals surface area contributed by atoms with Gasteiger partial charge in [0, 0.05) is 54.0 Å². The highest BCUT2D eigenvalue weighted by atomic mass is 16.2. The van der Waals surface area contributed by atoms with Crippen molar-refractivity contribution in [1.29, 1.82) is 0 Å². The number of aromatic nitrogens is 5. The predicted octanol–water partition coefficient (Wildman–Crippen LogP) is 2.62. The molecule has 1 saturated heterocycles. The van der Waals surface area contributed by atoms with Crippen LogP contribution in [0.5, 0.6) is 0 Å². The highest BCUT2D eigenvalue weighted by molar-refractivity contribution is 5.98. The molecule has 254 valence electrons. The summed E-state index contributed by atoms with van der Waals surface area (Å²) >= 11 is 0. The third-order valence-electron chi connectivity index (χ3n) is 10.4. The molecule has 2 aliphatic carbocycles. The third kappa shape index (κ3) is 7.37. The third-order valence-corrected chi connectivity index (χ3v) is 10.4. The molecule has 7 rings (SSSR count). The zero-order valence-electron chi connectivity index (χ0n) is 27.5. The number of amides is 3. The van der Waals surface area contributed by atoms with Gasteiger partial charge in [0.15, 0.2) is 0 Å². The molecule has 3 heterocycles. The van der Waals surface area contributed by atoms with E-state index in [-0.39, 0.29) is 29.7 Å². The molecule has 0 radical (unpaired) electrons. The molecule has 4 aromatic rings. The number of nitrogens with one attached hydrogen (secondary N) is 5. The van der Waals surface area contributed by atoms with E-state index in [1.54, 1.807) is 30.3 Å². The molecule has 3 fully saturated rings. The quantitative estimate of drug-likeness (QED) is 0.140. The number of hydrogen-bond donors (Lipinski definition) is 6. The van der Waals surface area contributed by atoms with Gasteiger partial charge in [-0.1, -0.05) is 30.3 Å². The Labute approximate surface area is 284 Å². The number of nitrogens with two attached hydrogens (primary N) is 1. The second-order valence-electron chi connectivity index (χ2n) is 13.5. The van der Waals surface area contributed by atoms with Gasteiger partial charge < -0.3 is 27.0 Å². The summed E-state index contributed by atoms with van der Waals surface area (Å²) in [4.78, 5) is 44.5. The summed E-state index contributed by atoms with van der Waals surface area (Å²) in [6.07, 6.45) is 3.67. The van der Waals surface area contributed by atoms with Gasteiger partial charge in [-0.25, -0.2) is 4.98 Å². The number of pyridine rings is 1. The van der Waals surface area contributed by atoms with Crippen molar-refractivity contribution < 1.29 is 14.4 Å². The second-order valence-corrected chi connectivity index (χ2v) is 13.5. The van der Waals surface area contributed by atoms with Crippen molar-refractivity contribution in [1.82, 2.24) is 41.6 Å². The Bertz CT molecular complexity index is 1780. The Kier molecular flexibility index (Phi) is 9.45. The molecule has 1 aliphatic heterocycles. The fourth-order valence-electron chi connectivity index (χ4n) is 7.28.